The van der Waals surface area contributed by atoms with Gasteiger partial charge in [-0.3, -0.25) is 0 Å². The molecule has 4 heteroatoms. The van der Waals surface area contributed by atoms with Gasteiger partial charge in [0.25, 0.3) is 0 Å². The van der Waals surface area contributed by atoms with Gasteiger partial charge < -0.3 is 5.11 Å². The van der Waals surface area contributed by atoms with Crippen LogP contribution in [0.15, 0.2) is 24.3 Å². The van der Waals surface area contributed by atoms with E-state index >= 15 is 0 Å². The third-order valence-corrected chi connectivity index (χ3v) is 3.85. The van der Waals surface area contributed by atoms with Crippen molar-refractivity contribution >= 4 is 34.8 Å². The van der Waals surface area contributed by atoms with Crippen molar-refractivity contribution in [2.45, 2.75) is 28.7 Å². The molecule has 1 aliphatic rings. The molecule has 1 aromatic rings. The zero-order valence-corrected chi connectivity index (χ0v) is 10.3. The molecule has 0 heterocycles. The Balaban J connectivity index is 2.55. The van der Waals surface area contributed by atoms with Gasteiger partial charge in [0.1, 0.15) is 5.60 Å². The van der Waals surface area contributed by atoms with E-state index < -0.39 is 9.39 Å². The molecule has 0 aromatic heterocycles. The minimum Gasteiger partial charge on any atom is -0.381 e. The van der Waals surface area contributed by atoms with Gasteiger partial charge in [-0.25, -0.2) is 0 Å². The average Bonchev–Trinajstić information content (AvgIpc) is 2.17. The third-order valence-electron chi connectivity index (χ3n) is 2.92. The summed E-state index contributed by atoms with van der Waals surface area (Å²) < 4.78 is -1.68. The Morgan fingerprint density at radius 3 is 2.53 bits per heavy atom. The van der Waals surface area contributed by atoms with Gasteiger partial charge in [-0.1, -0.05) is 59.1 Å². The van der Waals surface area contributed by atoms with Crippen molar-refractivity contribution in [2.24, 2.45) is 0 Å². The fourth-order valence-corrected chi connectivity index (χ4v) is 2.69. The molecule has 1 aliphatic carbocycles. The van der Waals surface area contributed by atoms with E-state index in [2.05, 4.69) is 0 Å². The van der Waals surface area contributed by atoms with Gasteiger partial charge in [0.2, 0.25) is 3.79 Å². The molecule has 0 amide bonds. The van der Waals surface area contributed by atoms with Crippen molar-refractivity contribution < 1.29 is 5.11 Å². The number of rotatable bonds is 0. The fraction of sp³-hybridized carbons (Fsp3) is 0.455. The summed E-state index contributed by atoms with van der Waals surface area (Å²) in [4.78, 5) is 0. The summed E-state index contributed by atoms with van der Waals surface area (Å²) in [6.45, 7) is 0. The molecular formula is C11H11Cl3O. The van der Waals surface area contributed by atoms with E-state index in [1.807, 2.05) is 24.3 Å². The minimum atomic E-state index is -1.68. The van der Waals surface area contributed by atoms with Crippen LogP contribution in [0.2, 0.25) is 0 Å². The predicted molar refractivity (Wildman–Crippen MR) is 63.6 cm³/mol. The molecule has 1 N–H and O–H groups in total. The Morgan fingerprint density at radius 1 is 1.20 bits per heavy atom. The van der Waals surface area contributed by atoms with Crippen molar-refractivity contribution in [3.05, 3.63) is 35.4 Å². The van der Waals surface area contributed by atoms with Crippen molar-refractivity contribution in [1.82, 2.24) is 0 Å². The highest BCUT2D eigenvalue weighted by Crippen LogP contribution is 2.50. The van der Waals surface area contributed by atoms with Gasteiger partial charge >= 0.3 is 0 Å². The Labute approximate surface area is 104 Å². The summed E-state index contributed by atoms with van der Waals surface area (Å²) in [5, 5.41) is 10.5. The van der Waals surface area contributed by atoms with Crippen molar-refractivity contribution in [1.29, 1.82) is 0 Å². The first-order chi connectivity index (χ1) is 6.95. The number of hydrogen-bond donors (Lipinski definition) is 1. The molecule has 1 unspecified atom stereocenters. The van der Waals surface area contributed by atoms with Crippen LogP contribution in [0.1, 0.15) is 24.0 Å². The van der Waals surface area contributed by atoms with E-state index in [1.54, 1.807) is 0 Å². The Kier molecular flexibility index (Phi) is 2.93. The molecule has 0 saturated carbocycles. The molecule has 0 radical (unpaired) electrons. The van der Waals surface area contributed by atoms with E-state index in [0.29, 0.717) is 6.42 Å². The maximum absolute atomic E-state index is 10.5. The van der Waals surface area contributed by atoms with Crippen molar-refractivity contribution in [3.8, 4) is 0 Å². The molecule has 0 spiro atoms. The maximum Gasteiger partial charge on any atom is 0.222 e. The molecule has 0 bridgehead atoms. The van der Waals surface area contributed by atoms with Crippen LogP contribution in [0.4, 0.5) is 0 Å². The summed E-state index contributed by atoms with van der Waals surface area (Å²) in [6, 6.07) is 7.58. The highest BCUT2D eigenvalue weighted by atomic mass is 35.6. The number of aryl methyl sites for hydroxylation is 1. The number of aliphatic hydroxyl groups is 1. The number of benzene rings is 1. The van der Waals surface area contributed by atoms with Crippen molar-refractivity contribution in [2.75, 3.05) is 0 Å². The molecule has 1 atom stereocenters. The second kappa shape index (κ2) is 3.81. The lowest BCUT2D eigenvalue weighted by Gasteiger charge is -2.39. The van der Waals surface area contributed by atoms with Gasteiger partial charge in [0.15, 0.2) is 0 Å². The molecule has 0 fully saturated rings. The first kappa shape index (κ1) is 11.5. The first-order valence-corrected chi connectivity index (χ1v) is 5.96. The lowest BCUT2D eigenvalue weighted by atomic mass is 9.80. The summed E-state index contributed by atoms with van der Waals surface area (Å²) in [5.41, 5.74) is 0.459. The molecular weight excluding hydrogens is 254 g/mol. The van der Waals surface area contributed by atoms with Crippen LogP contribution in [-0.2, 0) is 12.0 Å². The van der Waals surface area contributed by atoms with E-state index in [4.69, 9.17) is 34.8 Å². The molecule has 0 aliphatic heterocycles. The number of hydrogen-bond acceptors (Lipinski definition) is 1. The summed E-state index contributed by atoms with van der Waals surface area (Å²) >= 11 is 17.6. The SMILES string of the molecule is OC1(C(Cl)(Cl)Cl)CCCc2ccccc21. The normalized spacial score (nSPS) is 26.1. The van der Waals surface area contributed by atoms with E-state index in [9.17, 15) is 5.11 Å². The Hall–Kier alpha value is 0.0500. The summed E-state index contributed by atoms with van der Waals surface area (Å²) in [5.74, 6) is 0. The third kappa shape index (κ3) is 1.87. The lowest BCUT2D eigenvalue weighted by molar-refractivity contribution is 0.0225. The molecule has 2 rings (SSSR count). The smallest absolute Gasteiger partial charge is 0.222 e. The van der Waals surface area contributed by atoms with E-state index in [-0.39, 0.29) is 0 Å². The van der Waals surface area contributed by atoms with Gasteiger partial charge in [-0.15, -0.1) is 0 Å². The monoisotopic (exact) mass is 264 g/mol. The standard InChI is InChI=1S/C11H11Cl3O/c12-11(13,14)10(15)7-3-5-8-4-1-2-6-9(8)10/h1-2,4,6,15H,3,5,7H2. The fourth-order valence-electron chi connectivity index (χ4n) is 2.11. The molecule has 82 valence electrons. The van der Waals surface area contributed by atoms with Gasteiger partial charge in [0, 0.05) is 0 Å². The minimum absolute atomic E-state index is 0.487. The van der Waals surface area contributed by atoms with Gasteiger partial charge in [0.05, 0.1) is 0 Å². The van der Waals surface area contributed by atoms with Gasteiger partial charge in [-0.2, -0.15) is 0 Å². The zero-order chi connectivity index (χ0) is 11.1. The quantitative estimate of drug-likeness (QED) is 0.711. The summed E-state index contributed by atoms with van der Waals surface area (Å²) in [7, 11) is 0. The molecule has 1 nitrogen and oxygen atoms in total. The number of halogens is 3. The summed E-state index contributed by atoms with van der Waals surface area (Å²) in [6.07, 6.45) is 2.25. The van der Waals surface area contributed by atoms with Crippen LogP contribution in [-0.4, -0.2) is 8.90 Å². The maximum atomic E-state index is 10.5. The average molecular weight is 266 g/mol. The second-order valence-corrected chi connectivity index (χ2v) is 6.15. The topological polar surface area (TPSA) is 20.2 Å². The Morgan fingerprint density at radius 2 is 1.87 bits per heavy atom. The van der Waals surface area contributed by atoms with E-state index in [1.165, 1.54) is 0 Å². The largest absolute Gasteiger partial charge is 0.381 e. The molecule has 0 saturated heterocycles. The first-order valence-electron chi connectivity index (χ1n) is 4.83. The molecule has 15 heavy (non-hydrogen) atoms. The van der Waals surface area contributed by atoms with Gasteiger partial charge in [-0.05, 0) is 30.4 Å². The van der Waals surface area contributed by atoms with Crippen LogP contribution in [0.3, 0.4) is 0 Å². The van der Waals surface area contributed by atoms with Crippen LogP contribution >= 0.6 is 34.8 Å². The second-order valence-electron chi connectivity index (χ2n) is 3.87. The van der Waals surface area contributed by atoms with Crippen LogP contribution < -0.4 is 0 Å². The zero-order valence-electron chi connectivity index (χ0n) is 8.01. The van der Waals surface area contributed by atoms with Crippen LogP contribution in [0.25, 0.3) is 0 Å². The molecule has 1 aromatic carbocycles. The van der Waals surface area contributed by atoms with Crippen LogP contribution in [0, 0.1) is 0 Å². The lowest BCUT2D eigenvalue weighted by Crippen LogP contribution is -2.42. The van der Waals surface area contributed by atoms with Crippen molar-refractivity contribution in [3.63, 3.8) is 0 Å². The number of alkyl halides is 3. The van der Waals surface area contributed by atoms with E-state index in [0.717, 1.165) is 24.0 Å². The Bertz CT molecular complexity index is 372. The predicted octanol–water partition coefficient (Wildman–Crippen LogP) is 3.58. The number of fused-ring (bicyclic) bond motifs is 1. The van der Waals surface area contributed by atoms with Crippen LogP contribution in [0.5, 0.6) is 0 Å². The highest BCUT2D eigenvalue weighted by molar-refractivity contribution is 6.68. The highest BCUT2D eigenvalue weighted by Gasteiger charge is 2.50.